The minimum Gasteiger partial charge on any atom is -0.257 e. The maximum atomic E-state index is 4.87. The Morgan fingerprint density at radius 3 is 2.48 bits per heavy atom. The summed E-state index contributed by atoms with van der Waals surface area (Å²) in [5, 5.41) is 11.3. The van der Waals surface area contributed by atoms with Gasteiger partial charge in [-0.3, -0.25) is 5.01 Å². The first kappa shape index (κ1) is 14.4. The number of rotatable bonds is 4. The zero-order valence-corrected chi connectivity index (χ0v) is 14.1. The van der Waals surface area contributed by atoms with Crippen molar-refractivity contribution in [2.24, 2.45) is 5.10 Å². The number of benzene rings is 1. The van der Waals surface area contributed by atoms with Crippen LogP contribution in [-0.2, 0) is 0 Å². The summed E-state index contributed by atoms with van der Waals surface area (Å²) in [6.45, 7) is 0. The van der Waals surface area contributed by atoms with Gasteiger partial charge in [-0.15, -0.1) is 22.7 Å². The van der Waals surface area contributed by atoms with Crippen LogP contribution < -0.4 is 5.01 Å². The Hall–Kier alpha value is -2.17. The average Bonchev–Trinajstić information content (AvgIpc) is 3.33. The summed E-state index contributed by atoms with van der Waals surface area (Å²) in [4.78, 5) is 2.62. The molecule has 0 spiro atoms. The fraction of sp³-hybridized carbons (Fsp3) is 0.105. The van der Waals surface area contributed by atoms with Gasteiger partial charge < -0.3 is 0 Å². The zero-order chi connectivity index (χ0) is 15.5. The molecule has 0 saturated heterocycles. The normalized spacial score (nSPS) is 17.8. The molecule has 1 aliphatic heterocycles. The molecule has 0 bridgehead atoms. The van der Waals surface area contributed by atoms with E-state index in [1.54, 1.807) is 22.7 Å². The monoisotopic (exact) mass is 336 g/mol. The average molecular weight is 336 g/mol. The number of allylic oxidation sites excluding steroid dienone is 1. The van der Waals surface area contributed by atoms with Crippen LogP contribution in [-0.4, -0.2) is 5.71 Å². The molecule has 4 heteroatoms. The van der Waals surface area contributed by atoms with Crippen LogP contribution >= 0.6 is 22.7 Å². The lowest BCUT2D eigenvalue weighted by Crippen LogP contribution is -2.17. The van der Waals surface area contributed by atoms with E-state index >= 15 is 0 Å². The third-order valence-electron chi connectivity index (χ3n) is 3.81. The molecule has 0 aliphatic carbocycles. The van der Waals surface area contributed by atoms with Crippen molar-refractivity contribution in [2.75, 3.05) is 5.01 Å². The number of thiophene rings is 2. The standard InChI is InChI=1S/C19H16N2S2/c1-2-6-16(7-3-1)21-18(19-9-5-13-23-19)14-15(20-21)10-11-17-8-4-12-22-17/h1-13,18H,14H2/b11-10-/t18-/m0/s1. The summed E-state index contributed by atoms with van der Waals surface area (Å²) in [6, 6.07) is 19.2. The first-order chi connectivity index (χ1) is 11.4. The Morgan fingerprint density at radius 1 is 0.913 bits per heavy atom. The Bertz CT molecular complexity index is 802. The van der Waals surface area contributed by atoms with Crippen LogP contribution in [0.1, 0.15) is 22.2 Å². The second kappa shape index (κ2) is 6.52. The highest BCUT2D eigenvalue weighted by molar-refractivity contribution is 7.10. The van der Waals surface area contributed by atoms with Gasteiger partial charge >= 0.3 is 0 Å². The van der Waals surface area contributed by atoms with Crippen molar-refractivity contribution < 1.29 is 0 Å². The first-order valence-corrected chi connectivity index (χ1v) is 9.33. The topological polar surface area (TPSA) is 15.6 Å². The predicted octanol–water partition coefficient (Wildman–Crippen LogP) is 5.83. The van der Waals surface area contributed by atoms with E-state index in [0.29, 0.717) is 6.04 Å². The van der Waals surface area contributed by atoms with Crippen molar-refractivity contribution >= 4 is 40.1 Å². The largest absolute Gasteiger partial charge is 0.257 e. The van der Waals surface area contributed by atoms with Crippen LogP contribution in [0.4, 0.5) is 5.69 Å². The van der Waals surface area contributed by atoms with Crippen LogP contribution in [0.5, 0.6) is 0 Å². The van der Waals surface area contributed by atoms with Gasteiger partial charge in [0.1, 0.15) is 0 Å². The van der Waals surface area contributed by atoms with Crippen molar-refractivity contribution in [3.8, 4) is 0 Å². The van der Waals surface area contributed by atoms with E-state index in [2.05, 4.69) is 76.5 Å². The number of hydrogen-bond donors (Lipinski definition) is 0. The molecule has 0 N–H and O–H groups in total. The van der Waals surface area contributed by atoms with Gasteiger partial charge in [-0.1, -0.05) is 30.3 Å². The molecule has 3 heterocycles. The molecule has 4 rings (SSSR count). The van der Waals surface area contributed by atoms with E-state index in [1.165, 1.54) is 9.75 Å². The molecule has 1 aromatic carbocycles. The maximum Gasteiger partial charge on any atom is 0.0923 e. The lowest BCUT2D eigenvalue weighted by Gasteiger charge is -2.22. The molecule has 0 saturated carbocycles. The van der Waals surface area contributed by atoms with E-state index in [-0.39, 0.29) is 0 Å². The molecule has 2 aromatic heterocycles. The zero-order valence-electron chi connectivity index (χ0n) is 12.5. The minimum absolute atomic E-state index is 0.292. The van der Waals surface area contributed by atoms with Crippen LogP contribution in [0.3, 0.4) is 0 Å². The fourth-order valence-corrected chi connectivity index (χ4v) is 4.15. The number of hydrazone groups is 1. The molecule has 0 radical (unpaired) electrons. The molecule has 114 valence electrons. The number of para-hydroxylation sites is 1. The van der Waals surface area contributed by atoms with Crippen molar-refractivity contribution in [2.45, 2.75) is 12.5 Å². The van der Waals surface area contributed by atoms with E-state index in [4.69, 9.17) is 5.10 Å². The van der Waals surface area contributed by atoms with Crippen LogP contribution in [0.15, 0.2) is 76.5 Å². The first-order valence-electron chi connectivity index (χ1n) is 7.57. The summed E-state index contributed by atoms with van der Waals surface area (Å²) < 4.78 is 0. The summed E-state index contributed by atoms with van der Waals surface area (Å²) in [7, 11) is 0. The van der Waals surface area contributed by atoms with Gasteiger partial charge in [0, 0.05) is 16.2 Å². The molecule has 0 amide bonds. The number of hydrogen-bond acceptors (Lipinski definition) is 4. The molecular weight excluding hydrogens is 320 g/mol. The van der Waals surface area contributed by atoms with Gasteiger partial charge in [-0.05, 0) is 47.2 Å². The van der Waals surface area contributed by atoms with E-state index in [1.807, 2.05) is 6.07 Å². The van der Waals surface area contributed by atoms with Gasteiger partial charge in [-0.2, -0.15) is 5.10 Å². The summed E-state index contributed by atoms with van der Waals surface area (Å²) >= 11 is 3.55. The third-order valence-corrected chi connectivity index (χ3v) is 5.62. The highest BCUT2D eigenvalue weighted by Gasteiger charge is 2.28. The number of anilines is 1. The minimum atomic E-state index is 0.292. The Labute approximate surface area is 144 Å². The van der Waals surface area contributed by atoms with Gasteiger partial charge in [-0.25, -0.2) is 0 Å². The summed E-state index contributed by atoms with van der Waals surface area (Å²) in [5.74, 6) is 0. The second-order valence-corrected chi connectivity index (χ2v) is 7.31. The van der Waals surface area contributed by atoms with Crippen LogP contribution in [0, 0.1) is 0 Å². The van der Waals surface area contributed by atoms with E-state index < -0.39 is 0 Å². The summed E-state index contributed by atoms with van der Waals surface area (Å²) in [5.41, 5.74) is 2.27. The van der Waals surface area contributed by atoms with Crippen molar-refractivity contribution in [3.05, 3.63) is 81.2 Å². The van der Waals surface area contributed by atoms with Crippen LogP contribution in [0.25, 0.3) is 6.08 Å². The smallest absolute Gasteiger partial charge is 0.0923 e. The van der Waals surface area contributed by atoms with Gasteiger partial charge in [0.2, 0.25) is 0 Å². The number of nitrogens with zero attached hydrogens (tertiary/aromatic N) is 2. The Kier molecular flexibility index (Phi) is 4.09. The van der Waals surface area contributed by atoms with Gasteiger partial charge in [0.25, 0.3) is 0 Å². The molecule has 3 aromatic rings. The predicted molar refractivity (Wildman–Crippen MR) is 101 cm³/mol. The molecule has 0 fully saturated rings. The van der Waals surface area contributed by atoms with Gasteiger partial charge in [0.15, 0.2) is 0 Å². The van der Waals surface area contributed by atoms with Gasteiger partial charge in [0.05, 0.1) is 17.4 Å². The molecular formula is C19H16N2S2. The quantitative estimate of drug-likeness (QED) is 0.585. The Morgan fingerprint density at radius 2 is 1.74 bits per heavy atom. The highest BCUT2D eigenvalue weighted by atomic mass is 32.1. The molecule has 23 heavy (non-hydrogen) atoms. The van der Waals surface area contributed by atoms with E-state index in [0.717, 1.165) is 17.8 Å². The van der Waals surface area contributed by atoms with Crippen molar-refractivity contribution in [1.82, 2.24) is 0 Å². The maximum absolute atomic E-state index is 4.87. The van der Waals surface area contributed by atoms with Crippen molar-refractivity contribution in [1.29, 1.82) is 0 Å². The lowest BCUT2D eigenvalue weighted by atomic mass is 10.1. The highest BCUT2D eigenvalue weighted by Crippen LogP contribution is 2.37. The van der Waals surface area contributed by atoms with Crippen LogP contribution in [0.2, 0.25) is 0 Å². The Balaban J connectivity index is 1.64. The second-order valence-electron chi connectivity index (χ2n) is 5.36. The molecule has 1 aliphatic rings. The summed E-state index contributed by atoms with van der Waals surface area (Å²) in [6.07, 6.45) is 5.25. The van der Waals surface area contributed by atoms with E-state index in [9.17, 15) is 0 Å². The molecule has 1 atom stereocenters. The van der Waals surface area contributed by atoms with Crippen molar-refractivity contribution in [3.63, 3.8) is 0 Å². The third kappa shape index (κ3) is 3.14. The fourth-order valence-electron chi connectivity index (χ4n) is 2.72. The molecule has 2 nitrogen and oxygen atoms in total. The SMILES string of the molecule is C(=C/c1cccs1)/C1=NN(c2ccccc2)[C@H](c2cccs2)C1. The lowest BCUT2D eigenvalue weighted by molar-refractivity contribution is 0.722. The molecule has 0 unspecified atom stereocenters.